The highest BCUT2D eigenvalue weighted by Crippen LogP contribution is 2.24. The van der Waals surface area contributed by atoms with Crippen LogP contribution in [-0.4, -0.2) is 31.1 Å². The summed E-state index contributed by atoms with van der Waals surface area (Å²) in [5.74, 6) is 1.96. The van der Waals surface area contributed by atoms with Crippen LogP contribution in [0.5, 0.6) is 0 Å². The maximum absolute atomic E-state index is 6.10. The summed E-state index contributed by atoms with van der Waals surface area (Å²) in [7, 11) is 0. The summed E-state index contributed by atoms with van der Waals surface area (Å²) < 4.78 is 6.03. The van der Waals surface area contributed by atoms with Gasteiger partial charge in [0.1, 0.15) is 11.5 Å². The summed E-state index contributed by atoms with van der Waals surface area (Å²) in [6, 6.07) is 22.5. The zero-order valence-electron chi connectivity index (χ0n) is 14.5. The Bertz CT molecular complexity index is 827. The van der Waals surface area contributed by atoms with Crippen molar-refractivity contribution in [3.63, 3.8) is 0 Å². The number of piperazine rings is 1. The molecule has 136 valence electrons. The summed E-state index contributed by atoms with van der Waals surface area (Å²) >= 11 is 6.10. The van der Waals surface area contributed by atoms with E-state index in [0.29, 0.717) is 0 Å². The molecule has 0 N–H and O–H groups in total. The van der Waals surface area contributed by atoms with E-state index in [9.17, 15) is 0 Å². The van der Waals surface area contributed by atoms with E-state index < -0.39 is 0 Å². The molecule has 0 spiro atoms. The van der Waals surface area contributed by atoms with Crippen molar-refractivity contribution in [1.82, 2.24) is 4.90 Å². The molecule has 1 aromatic heterocycles. The Morgan fingerprint density at radius 1 is 0.846 bits per heavy atom. The number of hydrogen-bond donors (Lipinski definition) is 0. The second-order valence-electron chi connectivity index (χ2n) is 6.38. The Morgan fingerprint density at radius 2 is 1.62 bits per heavy atom. The summed E-state index contributed by atoms with van der Waals surface area (Å²) in [5, 5.41) is 0.795. The quantitative estimate of drug-likeness (QED) is 0.600. The molecule has 2 heterocycles. The van der Waals surface area contributed by atoms with E-state index >= 15 is 0 Å². The van der Waals surface area contributed by atoms with Crippen molar-refractivity contribution in [1.29, 1.82) is 0 Å². The van der Waals surface area contributed by atoms with Crippen LogP contribution in [0.25, 0.3) is 11.3 Å². The number of halogens is 2. The van der Waals surface area contributed by atoms with Gasteiger partial charge in [-0.15, -0.1) is 12.4 Å². The van der Waals surface area contributed by atoms with Gasteiger partial charge >= 0.3 is 0 Å². The van der Waals surface area contributed by atoms with Gasteiger partial charge in [-0.25, -0.2) is 0 Å². The van der Waals surface area contributed by atoms with E-state index in [2.05, 4.69) is 40.1 Å². The minimum atomic E-state index is 0. The topological polar surface area (TPSA) is 19.6 Å². The first-order chi connectivity index (χ1) is 12.3. The number of rotatable bonds is 4. The van der Waals surface area contributed by atoms with Crippen LogP contribution in [0.15, 0.2) is 71.1 Å². The van der Waals surface area contributed by atoms with Gasteiger partial charge in [0.2, 0.25) is 0 Å². The van der Waals surface area contributed by atoms with E-state index in [4.69, 9.17) is 16.0 Å². The smallest absolute Gasteiger partial charge is 0.134 e. The van der Waals surface area contributed by atoms with Crippen molar-refractivity contribution in [2.24, 2.45) is 0 Å². The normalized spacial score (nSPS) is 14.9. The lowest BCUT2D eigenvalue weighted by Gasteiger charge is -2.35. The number of anilines is 1. The predicted octanol–water partition coefficient (Wildman–Crippen LogP) is 5.34. The maximum Gasteiger partial charge on any atom is 0.134 e. The first-order valence-corrected chi connectivity index (χ1v) is 9.03. The fourth-order valence-corrected chi connectivity index (χ4v) is 3.46. The molecule has 0 radical (unpaired) electrons. The minimum absolute atomic E-state index is 0. The molecule has 4 rings (SSSR count). The molecule has 3 nitrogen and oxygen atoms in total. The largest absolute Gasteiger partial charge is 0.460 e. The summed E-state index contributed by atoms with van der Waals surface area (Å²) in [6.07, 6.45) is 0. The van der Waals surface area contributed by atoms with E-state index in [1.54, 1.807) is 0 Å². The molecule has 0 unspecified atom stereocenters. The molecule has 0 amide bonds. The van der Waals surface area contributed by atoms with E-state index in [0.717, 1.165) is 54.8 Å². The lowest BCUT2D eigenvalue weighted by atomic mass is 10.2. The second-order valence-corrected chi connectivity index (χ2v) is 6.81. The van der Waals surface area contributed by atoms with Gasteiger partial charge < -0.3 is 9.32 Å². The van der Waals surface area contributed by atoms with Crippen molar-refractivity contribution in [2.45, 2.75) is 6.54 Å². The molecule has 1 aliphatic heterocycles. The Hall–Kier alpha value is -1.94. The molecule has 0 saturated carbocycles. The molecule has 2 aromatic carbocycles. The van der Waals surface area contributed by atoms with Gasteiger partial charge in [0.25, 0.3) is 0 Å². The van der Waals surface area contributed by atoms with Crippen LogP contribution in [0.1, 0.15) is 5.76 Å². The summed E-state index contributed by atoms with van der Waals surface area (Å²) in [5.41, 5.74) is 2.33. The molecule has 0 atom stereocenters. The van der Waals surface area contributed by atoms with Crippen LogP contribution < -0.4 is 4.90 Å². The third-order valence-electron chi connectivity index (χ3n) is 4.65. The molecule has 1 aliphatic rings. The van der Waals surface area contributed by atoms with Gasteiger partial charge in [0.15, 0.2) is 0 Å². The number of hydrogen-bond acceptors (Lipinski definition) is 3. The molecule has 1 fully saturated rings. The lowest BCUT2D eigenvalue weighted by molar-refractivity contribution is 0.231. The molecule has 1 saturated heterocycles. The average Bonchev–Trinajstić information content (AvgIpc) is 3.12. The van der Waals surface area contributed by atoms with Crippen molar-refractivity contribution in [3.05, 3.63) is 77.5 Å². The predicted molar refractivity (Wildman–Crippen MR) is 110 cm³/mol. The first kappa shape index (κ1) is 18.8. The number of benzene rings is 2. The second kappa shape index (κ2) is 8.63. The lowest BCUT2D eigenvalue weighted by Crippen LogP contribution is -2.45. The summed E-state index contributed by atoms with van der Waals surface area (Å²) in [6.45, 7) is 4.91. The van der Waals surface area contributed by atoms with Gasteiger partial charge in [0.05, 0.1) is 6.54 Å². The van der Waals surface area contributed by atoms with Crippen LogP contribution in [0, 0.1) is 0 Å². The fraction of sp³-hybridized carbons (Fsp3) is 0.238. The number of nitrogens with zero attached hydrogens (tertiary/aromatic N) is 2. The maximum atomic E-state index is 6.10. The SMILES string of the molecule is Cl.Clc1cccc(N2CCN(Cc3ccc(-c4ccccc4)o3)CC2)c1. The molecule has 3 aromatic rings. The first-order valence-electron chi connectivity index (χ1n) is 8.65. The highest BCUT2D eigenvalue weighted by atomic mass is 35.5. The van der Waals surface area contributed by atoms with Crippen LogP contribution in [0.3, 0.4) is 0 Å². The zero-order valence-corrected chi connectivity index (χ0v) is 16.0. The van der Waals surface area contributed by atoms with Gasteiger partial charge in [-0.1, -0.05) is 48.0 Å². The monoisotopic (exact) mass is 388 g/mol. The van der Waals surface area contributed by atoms with E-state index in [1.165, 1.54) is 5.69 Å². The zero-order chi connectivity index (χ0) is 17.1. The van der Waals surface area contributed by atoms with Crippen molar-refractivity contribution >= 4 is 29.7 Å². The Morgan fingerprint density at radius 3 is 2.35 bits per heavy atom. The Kier molecular flexibility index (Phi) is 6.25. The molecule has 0 aliphatic carbocycles. The standard InChI is InChI=1S/C21H21ClN2O.ClH/c22-18-7-4-8-19(15-18)24-13-11-23(12-14-24)16-20-9-10-21(25-20)17-5-2-1-3-6-17;/h1-10,15H,11-14,16H2;1H. The van der Waals surface area contributed by atoms with Gasteiger partial charge in [-0.2, -0.15) is 0 Å². The van der Waals surface area contributed by atoms with Crippen LogP contribution in [0.4, 0.5) is 5.69 Å². The van der Waals surface area contributed by atoms with Gasteiger partial charge in [-0.3, -0.25) is 4.90 Å². The third-order valence-corrected chi connectivity index (χ3v) is 4.88. The highest BCUT2D eigenvalue weighted by molar-refractivity contribution is 6.30. The molecule has 5 heteroatoms. The Labute approximate surface area is 165 Å². The van der Waals surface area contributed by atoms with Crippen molar-refractivity contribution < 1.29 is 4.42 Å². The average molecular weight is 389 g/mol. The molecule has 26 heavy (non-hydrogen) atoms. The molecular formula is C21H22Cl2N2O. The Balaban J connectivity index is 0.00000196. The van der Waals surface area contributed by atoms with Crippen LogP contribution >= 0.6 is 24.0 Å². The van der Waals surface area contributed by atoms with Gasteiger partial charge in [0, 0.05) is 42.5 Å². The van der Waals surface area contributed by atoms with Crippen LogP contribution in [-0.2, 0) is 6.54 Å². The van der Waals surface area contributed by atoms with Crippen molar-refractivity contribution in [3.8, 4) is 11.3 Å². The third kappa shape index (κ3) is 4.42. The molecular weight excluding hydrogens is 367 g/mol. The van der Waals surface area contributed by atoms with Gasteiger partial charge in [-0.05, 0) is 30.3 Å². The van der Waals surface area contributed by atoms with E-state index in [-0.39, 0.29) is 12.4 Å². The fourth-order valence-electron chi connectivity index (χ4n) is 3.28. The van der Waals surface area contributed by atoms with Crippen LogP contribution in [0.2, 0.25) is 5.02 Å². The number of furan rings is 1. The minimum Gasteiger partial charge on any atom is -0.460 e. The summed E-state index contributed by atoms with van der Waals surface area (Å²) in [4.78, 5) is 4.83. The highest BCUT2D eigenvalue weighted by Gasteiger charge is 2.18. The van der Waals surface area contributed by atoms with E-state index in [1.807, 2.05) is 36.4 Å². The van der Waals surface area contributed by atoms with Crippen molar-refractivity contribution in [2.75, 3.05) is 31.1 Å². The molecule has 0 bridgehead atoms.